The van der Waals surface area contributed by atoms with E-state index in [9.17, 15) is 13.2 Å². The summed E-state index contributed by atoms with van der Waals surface area (Å²) in [6.45, 7) is 8.29. The minimum Gasteiger partial charge on any atom is -0.497 e. The highest BCUT2D eigenvalue weighted by molar-refractivity contribution is 7.89. The van der Waals surface area contributed by atoms with Crippen molar-refractivity contribution < 1.29 is 22.7 Å². The molecule has 35 heavy (non-hydrogen) atoms. The van der Waals surface area contributed by atoms with Crippen LogP contribution < -0.4 is 4.74 Å². The van der Waals surface area contributed by atoms with Crippen LogP contribution in [0.25, 0.3) is 0 Å². The highest BCUT2D eigenvalue weighted by Gasteiger charge is 2.29. The van der Waals surface area contributed by atoms with Crippen molar-refractivity contribution in [3.63, 3.8) is 0 Å². The Balaban J connectivity index is 1.39. The number of amides is 1. The maximum atomic E-state index is 13.1. The number of likely N-dealkylation sites (tertiary alicyclic amines) is 1. The average molecular weight is 510 g/mol. The first-order valence-corrected chi connectivity index (χ1v) is 14.2. The summed E-state index contributed by atoms with van der Waals surface area (Å²) in [6, 6.07) is 3.44. The molecule has 198 valence electrons. The number of benzene rings is 1. The molecule has 1 aromatic rings. The summed E-state index contributed by atoms with van der Waals surface area (Å²) in [5.74, 6) is 1.89. The Morgan fingerprint density at radius 2 is 1.71 bits per heavy atom. The third-order valence-electron chi connectivity index (χ3n) is 7.44. The topological polar surface area (TPSA) is 79.4 Å². The molecule has 1 unspecified atom stereocenters. The molecular formula is C26H43N3O5S. The molecule has 8 nitrogen and oxygen atoms in total. The number of aryl methyl sites for hydroxylation is 2. The number of carbonyl (C=O) groups is 1. The number of hydrogen-bond acceptors (Lipinski definition) is 6. The molecule has 1 saturated heterocycles. The average Bonchev–Trinajstić information content (AvgIpc) is 3.47. The molecule has 1 saturated carbocycles. The molecular weight excluding hydrogens is 466 g/mol. The van der Waals surface area contributed by atoms with Crippen LogP contribution in [0, 0.1) is 25.7 Å². The SMILES string of the molecule is COc1cc(C)c(S(=O)(=O)N(C)CCOCC(=O)N(C)C[C@H]2CCC(CN3CCCC3)C2)c(C)c1. The van der Waals surface area contributed by atoms with Crippen LogP contribution in [0.2, 0.25) is 0 Å². The third kappa shape index (κ3) is 7.41. The van der Waals surface area contributed by atoms with Gasteiger partial charge in [0.15, 0.2) is 0 Å². The van der Waals surface area contributed by atoms with Crippen molar-refractivity contribution in [2.45, 2.75) is 50.8 Å². The lowest BCUT2D eigenvalue weighted by molar-refractivity contribution is -0.135. The quantitative estimate of drug-likeness (QED) is 0.403. The van der Waals surface area contributed by atoms with E-state index in [4.69, 9.17) is 9.47 Å². The Bertz CT molecular complexity index is 939. The largest absolute Gasteiger partial charge is 0.497 e. The van der Waals surface area contributed by atoms with E-state index in [1.807, 2.05) is 7.05 Å². The normalized spacial score (nSPS) is 21.1. The lowest BCUT2D eigenvalue weighted by Crippen LogP contribution is -2.35. The van der Waals surface area contributed by atoms with E-state index in [0.717, 1.165) is 12.5 Å². The van der Waals surface area contributed by atoms with Crippen molar-refractivity contribution in [2.75, 3.05) is 67.1 Å². The van der Waals surface area contributed by atoms with Gasteiger partial charge in [0.2, 0.25) is 15.9 Å². The van der Waals surface area contributed by atoms with Crippen molar-refractivity contribution in [2.24, 2.45) is 11.8 Å². The van der Waals surface area contributed by atoms with Gasteiger partial charge in [-0.3, -0.25) is 4.79 Å². The van der Waals surface area contributed by atoms with Crippen LogP contribution in [0.5, 0.6) is 5.75 Å². The van der Waals surface area contributed by atoms with Gasteiger partial charge in [-0.25, -0.2) is 8.42 Å². The van der Waals surface area contributed by atoms with E-state index < -0.39 is 10.0 Å². The zero-order chi connectivity index (χ0) is 25.6. The summed E-state index contributed by atoms with van der Waals surface area (Å²) < 4.78 is 38.3. The van der Waals surface area contributed by atoms with Gasteiger partial charge in [-0.15, -0.1) is 0 Å². The molecule has 0 N–H and O–H groups in total. The summed E-state index contributed by atoms with van der Waals surface area (Å²) in [5.41, 5.74) is 1.28. The molecule has 1 aromatic carbocycles. The molecule has 1 aliphatic heterocycles. The molecule has 2 aliphatic rings. The van der Waals surface area contributed by atoms with Crippen molar-refractivity contribution in [1.82, 2.24) is 14.1 Å². The zero-order valence-electron chi connectivity index (χ0n) is 22.1. The van der Waals surface area contributed by atoms with E-state index in [0.29, 0.717) is 22.8 Å². The van der Waals surface area contributed by atoms with Gasteiger partial charge in [0, 0.05) is 33.7 Å². The fraction of sp³-hybridized carbons (Fsp3) is 0.731. The second kappa shape index (κ2) is 12.5. The summed E-state index contributed by atoms with van der Waals surface area (Å²) in [6.07, 6.45) is 6.30. The fourth-order valence-corrected chi connectivity index (χ4v) is 7.06. The van der Waals surface area contributed by atoms with Gasteiger partial charge in [-0.2, -0.15) is 4.31 Å². The van der Waals surface area contributed by atoms with Gasteiger partial charge in [0.25, 0.3) is 0 Å². The summed E-state index contributed by atoms with van der Waals surface area (Å²) >= 11 is 0. The lowest BCUT2D eigenvalue weighted by atomic mass is 10.0. The number of carbonyl (C=O) groups excluding carboxylic acids is 1. The lowest BCUT2D eigenvalue weighted by Gasteiger charge is -2.23. The smallest absolute Gasteiger partial charge is 0.248 e. The predicted octanol–water partition coefficient (Wildman–Crippen LogP) is 2.92. The molecule has 0 radical (unpaired) electrons. The van der Waals surface area contributed by atoms with Crippen LogP contribution in [0.3, 0.4) is 0 Å². The van der Waals surface area contributed by atoms with Crippen LogP contribution in [0.4, 0.5) is 0 Å². The molecule has 1 amide bonds. The number of likely N-dealkylation sites (N-methyl/N-ethyl adjacent to an activating group) is 2. The van der Waals surface area contributed by atoms with Crippen molar-refractivity contribution in [3.8, 4) is 5.75 Å². The predicted molar refractivity (Wildman–Crippen MR) is 137 cm³/mol. The first kappa shape index (κ1) is 27.9. The van der Waals surface area contributed by atoms with Gasteiger partial charge in [-0.05, 0) is 94.1 Å². The molecule has 9 heteroatoms. The summed E-state index contributed by atoms with van der Waals surface area (Å²) in [7, 11) is 1.26. The zero-order valence-corrected chi connectivity index (χ0v) is 22.9. The maximum Gasteiger partial charge on any atom is 0.248 e. The van der Waals surface area contributed by atoms with Gasteiger partial charge < -0.3 is 19.3 Å². The van der Waals surface area contributed by atoms with E-state index in [-0.39, 0.29) is 30.6 Å². The highest BCUT2D eigenvalue weighted by atomic mass is 32.2. The number of ether oxygens (including phenoxy) is 2. The molecule has 0 spiro atoms. The number of rotatable bonds is 12. The van der Waals surface area contributed by atoms with Crippen molar-refractivity contribution in [3.05, 3.63) is 23.3 Å². The van der Waals surface area contributed by atoms with Gasteiger partial charge in [0.1, 0.15) is 12.4 Å². The number of sulfonamides is 1. The van der Waals surface area contributed by atoms with E-state index in [1.54, 1.807) is 38.0 Å². The minimum atomic E-state index is -3.67. The number of nitrogens with zero attached hydrogens (tertiary/aromatic N) is 3. The Morgan fingerprint density at radius 3 is 2.34 bits per heavy atom. The highest BCUT2D eigenvalue weighted by Crippen LogP contribution is 2.32. The standard InChI is InChI=1S/C26H43N3O5S/c1-20-14-24(33-5)15-21(2)26(20)35(31,32)28(4)12-13-34-19-25(30)27(3)17-22-8-9-23(16-22)18-29-10-6-7-11-29/h14-15,22-23H,6-13,16-19H2,1-5H3/t22-,23?/m0/s1. The summed E-state index contributed by atoms with van der Waals surface area (Å²) in [4.78, 5) is 17.2. The van der Waals surface area contributed by atoms with Crippen LogP contribution in [-0.2, 0) is 19.6 Å². The van der Waals surface area contributed by atoms with E-state index >= 15 is 0 Å². The molecule has 1 aliphatic carbocycles. The maximum absolute atomic E-state index is 13.1. The van der Waals surface area contributed by atoms with Crippen molar-refractivity contribution in [1.29, 1.82) is 0 Å². The Labute approximate surface area is 211 Å². The van der Waals surface area contributed by atoms with E-state index in [1.165, 1.54) is 63.1 Å². The van der Waals surface area contributed by atoms with Crippen LogP contribution >= 0.6 is 0 Å². The Hall–Kier alpha value is -1.68. The molecule has 2 fully saturated rings. The first-order valence-electron chi connectivity index (χ1n) is 12.8. The monoisotopic (exact) mass is 509 g/mol. The molecule has 1 heterocycles. The molecule has 3 rings (SSSR count). The first-order chi connectivity index (χ1) is 16.6. The van der Waals surface area contributed by atoms with Gasteiger partial charge in [0.05, 0.1) is 18.6 Å². The number of methoxy groups -OCH3 is 1. The van der Waals surface area contributed by atoms with Crippen LogP contribution in [0.15, 0.2) is 17.0 Å². The Kier molecular flexibility index (Phi) is 9.98. The molecule has 0 aromatic heterocycles. The fourth-order valence-electron chi connectivity index (χ4n) is 5.50. The molecule has 0 bridgehead atoms. The Morgan fingerprint density at radius 1 is 1.09 bits per heavy atom. The molecule has 2 atom stereocenters. The van der Waals surface area contributed by atoms with Crippen LogP contribution in [-0.4, -0.2) is 95.6 Å². The second-order valence-corrected chi connectivity index (χ2v) is 12.3. The van der Waals surface area contributed by atoms with Crippen molar-refractivity contribution >= 4 is 15.9 Å². The second-order valence-electron chi connectivity index (χ2n) is 10.3. The van der Waals surface area contributed by atoms with Gasteiger partial charge >= 0.3 is 0 Å². The number of hydrogen-bond donors (Lipinski definition) is 0. The van der Waals surface area contributed by atoms with E-state index in [2.05, 4.69) is 4.90 Å². The minimum absolute atomic E-state index is 0.0328. The van der Waals surface area contributed by atoms with Gasteiger partial charge in [-0.1, -0.05) is 0 Å². The van der Waals surface area contributed by atoms with Crippen LogP contribution in [0.1, 0.15) is 43.2 Å². The summed E-state index contributed by atoms with van der Waals surface area (Å²) in [5, 5.41) is 0. The third-order valence-corrected chi connectivity index (χ3v) is 9.60.